The highest BCUT2D eigenvalue weighted by molar-refractivity contribution is 5.84. The predicted molar refractivity (Wildman–Crippen MR) is 107 cm³/mol. The predicted octanol–water partition coefficient (Wildman–Crippen LogP) is 3.33. The summed E-state index contributed by atoms with van der Waals surface area (Å²) in [5.41, 5.74) is 0. The molecule has 0 radical (unpaired) electrons. The number of carbonyl (C=O) groups excluding carboxylic acids is 1. The van der Waals surface area contributed by atoms with Gasteiger partial charge >= 0.3 is 5.97 Å². The van der Waals surface area contributed by atoms with Crippen LogP contribution in [0.15, 0.2) is 12.2 Å². The van der Waals surface area contributed by atoms with Crippen molar-refractivity contribution in [1.29, 1.82) is 0 Å². The van der Waals surface area contributed by atoms with Crippen molar-refractivity contribution in [3.8, 4) is 11.8 Å². The van der Waals surface area contributed by atoms with Crippen LogP contribution in [-0.2, 0) is 9.59 Å². The third-order valence-electron chi connectivity index (χ3n) is 5.81. The largest absolute Gasteiger partial charge is 0.481 e. The lowest BCUT2D eigenvalue weighted by molar-refractivity contribution is -0.137. The van der Waals surface area contributed by atoms with E-state index in [0.717, 1.165) is 19.3 Å². The zero-order valence-electron chi connectivity index (χ0n) is 16.8. The second-order valence-corrected chi connectivity index (χ2v) is 8.42. The highest BCUT2D eigenvalue weighted by Gasteiger charge is 2.39. The van der Waals surface area contributed by atoms with Crippen molar-refractivity contribution in [3.63, 3.8) is 0 Å². The summed E-state index contributed by atoms with van der Waals surface area (Å²) in [6, 6.07) is 0. The molecule has 0 aromatic rings. The summed E-state index contributed by atoms with van der Waals surface area (Å²) in [5, 5.41) is 29.2. The van der Waals surface area contributed by atoms with Gasteiger partial charge in [-0.1, -0.05) is 44.3 Å². The number of aliphatic hydroxyl groups is 2. The molecule has 2 rings (SSSR count). The number of carbonyl (C=O) groups is 2. The van der Waals surface area contributed by atoms with Gasteiger partial charge in [0.25, 0.3) is 0 Å². The average molecular weight is 391 g/mol. The van der Waals surface area contributed by atoms with Crippen molar-refractivity contribution in [2.45, 2.75) is 83.3 Å². The smallest absolute Gasteiger partial charge is 0.303 e. The van der Waals surface area contributed by atoms with Crippen LogP contribution in [0.2, 0.25) is 0 Å². The number of aliphatic carboxylic acids is 1. The molecule has 0 aliphatic heterocycles. The van der Waals surface area contributed by atoms with E-state index in [2.05, 4.69) is 11.8 Å². The summed E-state index contributed by atoms with van der Waals surface area (Å²) < 4.78 is 0. The van der Waals surface area contributed by atoms with Crippen LogP contribution < -0.4 is 0 Å². The van der Waals surface area contributed by atoms with Crippen molar-refractivity contribution in [1.82, 2.24) is 0 Å². The van der Waals surface area contributed by atoms with Gasteiger partial charge in [-0.05, 0) is 31.6 Å². The fraction of sp³-hybridized carbons (Fsp3) is 0.739. The van der Waals surface area contributed by atoms with Crippen LogP contribution >= 0.6 is 0 Å². The maximum absolute atomic E-state index is 12.2. The summed E-state index contributed by atoms with van der Waals surface area (Å²) in [6.07, 6.45) is 9.57. The van der Waals surface area contributed by atoms with Gasteiger partial charge in [-0.3, -0.25) is 9.59 Å². The second kappa shape index (κ2) is 11.4. The van der Waals surface area contributed by atoms with Crippen LogP contribution in [-0.4, -0.2) is 39.3 Å². The van der Waals surface area contributed by atoms with E-state index in [1.165, 1.54) is 12.8 Å². The zero-order chi connectivity index (χ0) is 20.5. The van der Waals surface area contributed by atoms with Gasteiger partial charge < -0.3 is 15.3 Å². The van der Waals surface area contributed by atoms with Gasteiger partial charge in [0.2, 0.25) is 0 Å². The molecule has 5 heteroatoms. The minimum atomic E-state index is -0.773. The molecule has 28 heavy (non-hydrogen) atoms. The maximum atomic E-state index is 12.2. The van der Waals surface area contributed by atoms with Crippen LogP contribution in [0.4, 0.5) is 0 Å². The normalized spacial score (nSPS) is 26.8. The first-order chi connectivity index (χ1) is 13.4. The molecule has 0 saturated heterocycles. The summed E-state index contributed by atoms with van der Waals surface area (Å²) in [7, 11) is 0. The monoisotopic (exact) mass is 390 g/mol. The van der Waals surface area contributed by atoms with Gasteiger partial charge in [-0.2, -0.15) is 0 Å². The van der Waals surface area contributed by atoms with Gasteiger partial charge in [0.15, 0.2) is 0 Å². The Balaban J connectivity index is 1.77. The van der Waals surface area contributed by atoms with E-state index in [1.807, 2.05) is 13.0 Å². The highest BCUT2D eigenvalue weighted by Crippen LogP contribution is 2.34. The number of hydrogen-bond acceptors (Lipinski definition) is 4. The van der Waals surface area contributed by atoms with E-state index in [4.69, 9.17) is 5.11 Å². The number of carboxylic acid groups (broad SMARTS) is 1. The molecular weight excluding hydrogens is 356 g/mol. The van der Waals surface area contributed by atoms with Gasteiger partial charge in [0.05, 0.1) is 12.2 Å². The Bertz CT molecular complexity index is 610. The number of aliphatic hydroxyl groups excluding tert-OH is 2. The molecule has 3 N–H and O–H groups in total. The number of unbranched alkanes of at least 4 members (excludes halogenated alkanes) is 3. The minimum Gasteiger partial charge on any atom is -0.481 e. The summed E-state index contributed by atoms with van der Waals surface area (Å²) >= 11 is 0. The first-order valence-corrected chi connectivity index (χ1v) is 10.7. The lowest BCUT2D eigenvalue weighted by atomic mass is 9.88. The standard InChI is InChI=1S/C23H34O5/c1-16(7-6-8-17-11-12-17)20(24)14-13-19-18(21(25)15-22(19)26)9-4-2-3-5-10-23(27)28/h13-14,16-20,22,24,26H,2-5,7,9-12,15H2,1H3,(H,27,28)/b14-13+/t16?,18-,19-,20?,22-/m1/s1. The fourth-order valence-corrected chi connectivity index (χ4v) is 3.73. The Kier molecular flexibility index (Phi) is 9.21. The van der Waals surface area contributed by atoms with Crippen molar-refractivity contribution >= 4 is 11.8 Å². The summed E-state index contributed by atoms with van der Waals surface area (Å²) in [5.74, 6) is 5.79. The van der Waals surface area contributed by atoms with Gasteiger partial charge in [-0.25, -0.2) is 0 Å². The Morgan fingerprint density at radius 1 is 1.25 bits per heavy atom. The highest BCUT2D eigenvalue weighted by atomic mass is 16.4. The Morgan fingerprint density at radius 2 is 1.96 bits per heavy atom. The Morgan fingerprint density at radius 3 is 2.64 bits per heavy atom. The van der Waals surface area contributed by atoms with Crippen molar-refractivity contribution in [3.05, 3.63) is 12.2 Å². The van der Waals surface area contributed by atoms with E-state index < -0.39 is 18.2 Å². The lowest BCUT2D eigenvalue weighted by Gasteiger charge is -2.19. The SMILES string of the molecule is CC(CC#CC1CC1)C(O)/C=C/[C@H]1[C@H](O)CC(=O)[C@@H]1CCCCCCC(=O)O. The summed E-state index contributed by atoms with van der Waals surface area (Å²) in [6.45, 7) is 1.96. The molecule has 0 aromatic carbocycles. The lowest BCUT2D eigenvalue weighted by Crippen LogP contribution is -2.20. The molecule has 2 aliphatic carbocycles. The Labute approximate surface area is 168 Å². The first kappa shape index (κ1) is 22.6. The molecule has 0 aromatic heterocycles. The number of ketones is 1. The number of Topliss-reactive ketones (excluding diaryl/α,β-unsaturated/α-hetero) is 1. The van der Waals surface area contributed by atoms with Crippen LogP contribution in [0.25, 0.3) is 0 Å². The molecule has 2 fully saturated rings. The van der Waals surface area contributed by atoms with Gasteiger partial charge in [0.1, 0.15) is 5.78 Å². The van der Waals surface area contributed by atoms with Crippen molar-refractivity contribution in [2.24, 2.45) is 23.7 Å². The molecule has 5 nitrogen and oxygen atoms in total. The van der Waals surface area contributed by atoms with Crippen molar-refractivity contribution in [2.75, 3.05) is 0 Å². The molecule has 0 spiro atoms. The molecule has 0 heterocycles. The first-order valence-electron chi connectivity index (χ1n) is 10.7. The summed E-state index contributed by atoms with van der Waals surface area (Å²) in [4.78, 5) is 22.8. The minimum absolute atomic E-state index is 0.0180. The zero-order valence-corrected chi connectivity index (χ0v) is 16.8. The molecule has 156 valence electrons. The average Bonchev–Trinajstić information content (AvgIpc) is 3.41. The molecule has 2 saturated carbocycles. The third kappa shape index (κ3) is 7.77. The second-order valence-electron chi connectivity index (χ2n) is 8.42. The number of carboxylic acids is 1. The van der Waals surface area contributed by atoms with E-state index >= 15 is 0 Å². The van der Waals surface area contributed by atoms with E-state index in [1.54, 1.807) is 6.08 Å². The quantitative estimate of drug-likeness (QED) is 0.286. The molecular formula is C23H34O5. The van der Waals surface area contributed by atoms with E-state index in [-0.39, 0.29) is 36.4 Å². The van der Waals surface area contributed by atoms with Gasteiger partial charge in [0, 0.05) is 37.0 Å². The molecule has 0 amide bonds. The number of hydrogen-bond donors (Lipinski definition) is 3. The maximum Gasteiger partial charge on any atom is 0.303 e. The van der Waals surface area contributed by atoms with E-state index in [0.29, 0.717) is 25.2 Å². The van der Waals surface area contributed by atoms with E-state index in [9.17, 15) is 19.8 Å². The Hall–Kier alpha value is -1.64. The van der Waals surface area contributed by atoms with Crippen molar-refractivity contribution < 1.29 is 24.9 Å². The van der Waals surface area contributed by atoms with Crippen LogP contribution in [0.1, 0.15) is 71.1 Å². The fourth-order valence-electron chi connectivity index (χ4n) is 3.73. The van der Waals surface area contributed by atoms with Crippen LogP contribution in [0.5, 0.6) is 0 Å². The number of rotatable bonds is 11. The van der Waals surface area contributed by atoms with Gasteiger partial charge in [-0.15, -0.1) is 5.92 Å². The molecule has 2 unspecified atom stereocenters. The molecule has 2 aliphatic rings. The molecule has 0 bridgehead atoms. The molecule has 5 atom stereocenters. The topological polar surface area (TPSA) is 94.8 Å². The third-order valence-corrected chi connectivity index (χ3v) is 5.81. The van der Waals surface area contributed by atoms with Crippen LogP contribution in [0.3, 0.4) is 0 Å². The van der Waals surface area contributed by atoms with Crippen LogP contribution in [0, 0.1) is 35.5 Å².